The van der Waals surface area contributed by atoms with Gasteiger partial charge in [0.25, 0.3) is 0 Å². The minimum absolute atomic E-state index is 0.165. The van der Waals surface area contributed by atoms with Gasteiger partial charge >= 0.3 is 0 Å². The summed E-state index contributed by atoms with van der Waals surface area (Å²) < 4.78 is 13.0. The van der Waals surface area contributed by atoms with Gasteiger partial charge in [0.15, 0.2) is 0 Å². The fourth-order valence-electron chi connectivity index (χ4n) is 2.59. The fourth-order valence-corrected chi connectivity index (χ4v) is 2.79. The van der Waals surface area contributed by atoms with Crippen LogP contribution in [0.3, 0.4) is 0 Å². The zero-order valence-corrected chi connectivity index (χ0v) is 10.6. The van der Waals surface area contributed by atoms with Crippen LogP contribution in [0.2, 0.25) is 5.02 Å². The molecule has 94 valence electrons. The van der Waals surface area contributed by atoms with E-state index in [2.05, 4.69) is 0 Å². The second-order valence-electron chi connectivity index (χ2n) is 4.90. The topological polar surface area (TPSA) is 20.2 Å². The Balaban J connectivity index is 1.86. The minimum atomic E-state index is -0.383. The van der Waals surface area contributed by atoms with E-state index in [1.165, 1.54) is 18.9 Å². The lowest BCUT2D eigenvalue weighted by atomic mass is 9.95. The van der Waals surface area contributed by atoms with Gasteiger partial charge in [0.2, 0.25) is 0 Å². The van der Waals surface area contributed by atoms with Crippen LogP contribution in [-0.4, -0.2) is 11.2 Å². The van der Waals surface area contributed by atoms with Gasteiger partial charge in [-0.2, -0.15) is 0 Å². The summed E-state index contributed by atoms with van der Waals surface area (Å²) >= 11 is 5.72. The van der Waals surface area contributed by atoms with Crippen molar-refractivity contribution in [3.63, 3.8) is 0 Å². The van der Waals surface area contributed by atoms with Crippen LogP contribution < -0.4 is 0 Å². The van der Waals surface area contributed by atoms with E-state index in [0.717, 1.165) is 31.2 Å². The lowest BCUT2D eigenvalue weighted by molar-refractivity contribution is 0.102. The normalized spacial score (nSPS) is 18.5. The highest BCUT2D eigenvalue weighted by Gasteiger charge is 2.22. The van der Waals surface area contributed by atoms with Crippen molar-refractivity contribution in [2.45, 2.75) is 44.6 Å². The first-order chi connectivity index (χ1) is 8.16. The molecule has 0 radical (unpaired) electrons. The molecule has 1 aliphatic rings. The van der Waals surface area contributed by atoms with Gasteiger partial charge in [-0.1, -0.05) is 30.5 Å². The first kappa shape index (κ1) is 12.8. The van der Waals surface area contributed by atoms with Gasteiger partial charge in [0.05, 0.1) is 11.1 Å². The van der Waals surface area contributed by atoms with E-state index in [9.17, 15) is 9.50 Å². The van der Waals surface area contributed by atoms with E-state index >= 15 is 0 Å². The highest BCUT2D eigenvalue weighted by Crippen LogP contribution is 2.29. The summed E-state index contributed by atoms with van der Waals surface area (Å²) in [5.41, 5.74) is 0.994. The number of halogens is 2. The van der Waals surface area contributed by atoms with Crippen LogP contribution in [0, 0.1) is 11.7 Å². The van der Waals surface area contributed by atoms with E-state index in [1.54, 1.807) is 12.1 Å². The molecule has 0 amide bonds. The summed E-state index contributed by atoms with van der Waals surface area (Å²) in [6.45, 7) is 0. The second kappa shape index (κ2) is 5.83. The van der Waals surface area contributed by atoms with Crippen LogP contribution in [0.4, 0.5) is 4.39 Å². The Morgan fingerprint density at radius 2 is 2.06 bits per heavy atom. The molecule has 0 aliphatic heterocycles. The van der Waals surface area contributed by atoms with Crippen LogP contribution >= 0.6 is 11.6 Å². The standard InChI is InChI=1S/C14H18ClFO/c15-12-9-10(5-7-13(12)16)6-8-14(17)11-3-1-2-4-11/h5,7,9,11,14,17H,1-4,6,8H2. The number of aliphatic hydroxyl groups excluding tert-OH is 1. The number of benzene rings is 1. The van der Waals surface area contributed by atoms with Gasteiger partial charge in [-0.3, -0.25) is 0 Å². The number of hydrogen-bond acceptors (Lipinski definition) is 1. The van der Waals surface area contributed by atoms with Crippen LogP contribution in [0.1, 0.15) is 37.7 Å². The second-order valence-corrected chi connectivity index (χ2v) is 5.31. The number of rotatable bonds is 4. The molecule has 1 unspecified atom stereocenters. The maximum atomic E-state index is 13.0. The molecule has 3 heteroatoms. The molecule has 1 aromatic carbocycles. The predicted octanol–water partition coefficient (Wildman–Crippen LogP) is 3.96. The number of aryl methyl sites for hydroxylation is 1. The van der Waals surface area contributed by atoms with Crippen LogP contribution in [0.25, 0.3) is 0 Å². The maximum Gasteiger partial charge on any atom is 0.141 e. The molecule has 1 saturated carbocycles. The molecule has 0 saturated heterocycles. The molecule has 0 spiro atoms. The van der Waals surface area contributed by atoms with E-state index < -0.39 is 0 Å². The largest absolute Gasteiger partial charge is 0.393 e. The molecule has 1 atom stereocenters. The van der Waals surface area contributed by atoms with E-state index in [1.807, 2.05) is 0 Å². The zero-order chi connectivity index (χ0) is 12.3. The molecule has 0 heterocycles. The Morgan fingerprint density at radius 3 is 2.71 bits per heavy atom. The Morgan fingerprint density at radius 1 is 1.35 bits per heavy atom. The third kappa shape index (κ3) is 3.43. The molecule has 1 nitrogen and oxygen atoms in total. The van der Waals surface area contributed by atoms with E-state index in [-0.39, 0.29) is 16.9 Å². The lowest BCUT2D eigenvalue weighted by Gasteiger charge is -2.17. The third-order valence-electron chi connectivity index (χ3n) is 3.66. The van der Waals surface area contributed by atoms with Gasteiger partial charge in [0, 0.05) is 0 Å². The van der Waals surface area contributed by atoms with Crippen molar-refractivity contribution in [3.05, 3.63) is 34.6 Å². The third-order valence-corrected chi connectivity index (χ3v) is 3.95. The maximum absolute atomic E-state index is 13.0. The zero-order valence-electron chi connectivity index (χ0n) is 9.83. The van der Waals surface area contributed by atoms with Crippen LogP contribution in [0.15, 0.2) is 18.2 Å². The van der Waals surface area contributed by atoms with Gasteiger partial charge in [0.1, 0.15) is 5.82 Å². The molecule has 1 N–H and O–H groups in total. The molecule has 2 rings (SSSR count). The Kier molecular flexibility index (Phi) is 4.41. The Bertz CT molecular complexity index is 374. The molecular formula is C14H18ClFO. The monoisotopic (exact) mass is 256 g/mol. The molecular weight excluding hydrogens is 239 g/mol. The van der Waals surface area contributed by atoms with E-state index in [0.29, 0.717) is 5.92 Å². The summed E-state index contributed by atoms with van der Waals surface area (Å²) in [6.07, 6.45) is 6.05. The predicted molar refractivity (Wildman–Crippen MR) is 67.7 cm³/mol. The average molecular weight is 257 g/mol. The molecule has 1 aliphatic carbocycles. The quantitative estimate of drug-likeness (QED) is 0.865. The van der Waals surface area contributed by atoms with Crippen molar-refractivity contribution in [3.8, 4) is 0 Å². The first-order valence-electron chi connectivity index (χ1n) is 6.29. The smallest absolute Gasteiger partial charge is 0.141 e. The highest BCUT2D eigenvalue weighted by atomic mass is 35.5. The molecule has 1 aromatic rings. The van der Waals surface area contributed by atoms with Crippen molar-refractivity contribution >= 4 is 11.6 Å². The Labute approximate surface area is 107 Å². The van der Waals surface area contributed by atoms with Crippen molar-refractivity contribution in [2.75, 3.05) is 0 Å². The Hall–Kier alpha value is -0.600. The highest BCUT2D eigenvalue weighted by molar-refractivity contribution is 6.30. The molecule has 1 fully saturated rings. The fraction of sp³-hybridized carbons (Fsp3) is 0.571. The first-order valence-corrected chi connectivity index (χ1v) is 6.66. The van der Waals surface area contributed by atoms with Gasteiger partial charge < -0.3 is 5.11 Å². The molecule has 0 aromatic heterocycles. The van der Waals surface area contributed by atoms with Crippen LogP contribution in [0.5, 0.6) is 0 Å². The minimum Gasteiger partial charge on any atom is -0.393 e. The lowest BCUT2D eigenvalue weighted by Crippen LogP contribution is -2.18. The van der Waals surface area contributed by atoms with E-state index in [4.69, 9.17) is 11.6 Å². The van der Waals surface area contributed by atoms with Crippen molar-refractivity contribution in [2.24, 2.45) is 5.92 Å². The van der Waals surface area contributed by atoms with Gasteiger partial charge in [-0.05, 0) is 49.3 Å². The van der Waals surface area contributed by atoms with Crippen molar-refractivity contribution in [1.82, 2.24) is 0 Å². The SMILES string of the molecule is OC(CCc1ccc(F)c(Cl)c1)C1CCCC1. The number of hydrogen-bond donors (Lipinski definition) is 1. The van der Waals surface area contributed by atoms with Crippen molar-refractivity contribution in [1.29, 1.82) is 0 Å². The van der Waals surface area contributed by atoms with Gasteiger partial charge in [-0.25, -0.2) is 4.39 Å². The summed E-state index contributed by atoms with van der Waals surface area (Å²) in [5.74, 6) is 0.0812. The van der Waals surface area contributed by atoms with Crippen molar-refractivity contribution < 1.29 is 9.50 Å². The average Bonchev–Trinajstić information content (AvgIpc) is 2.84. The van der Waals surface area contributed by atoms with Gasteiger partial charge in [-0.15, -0.1) is 0 Å². The molecule has 0 bridgehead atoms. The number of aliphatic hydroxyl groups is 1. The van der Waals surface area contributed by atoms with Crippen LogP contribution in [-0.2, 0) is 6.42 Å². The molecule has 17 heavy (non-hydrogen) atoms. The summed E-state index contributed by atoms with van der Waals surface area (Å²) in [4.78, 5) is 0. The summed E-state index contributed by atoms with van der Waals surface area (Å²) in [7, 11) is 0. The summed E-state index contributed by atoms with van der Waals surface area (Å²) in [6, 6.07) is 4.78. The summed E-state index contributed by atoms with van der Waals surface area (Å²) in [5, 5.41) is 10.2.